The Morgan fingerprint density at radius 1 is 1.27 bits per heavy atom. The van der Waals surface area contributed by atoms with Crippen molar-refractivity contribution in [3.05, 3.63) is 69.6 Å². The molecule has 1 saturated heterocycles. The highest BCUT2D eigenvalue weighted by molar-refractivity contribution is 5.83. The molecule has 2 aliphatic heterocycles. The summed E-state index contributed by atoms with van der Waals surface area (Å²) in [6.07, 6.45) is 11.1. The molecular formula is C26H40N4. The molecule has 0 aromatic rings. The molecule has 2 aliphatic rings. The normalized spacial score (nSPS) is 19.3. The number of hydrogen-bond donors (Lipinski definition) is 3. The molecule has 0 aromatic heterocycles. The third kappa shape index (κ3) is 6.60. The van der Waals surface area contributed by atoms with Crippen LogP contribution in [0, 0.1) is 11.3 Å². The van der Waals surface area contributed by atoms with E-state index in [1.54, 1.807) is 0 Å². The first-order valence-corrected chi connectivity index (χ1v) is 11.0. The lowest BCUT2D eigenvalue weighted by atomic mass is 9.92. The Kier molecular flexibility index (Phi) is 8.91. The molecule has 0 unspecified atom stereocenters. The van der Waals surface area contributed by atoms with Crippen LogP contribution in [0.1, 0.15) is 53.9 Å². The van der Waals surface area contributed by atoms with Gasteiger partial charge >= 0.3 is 0 Å². The van der Waals surface area contributed by atoms with Gasteiger partial charge in [-0.15, -0.1) is 0 Å². The maximum absolute atomic E-state index is 7.88. The van der Waals surface area contributed by atoms with Gasteiger partial charge in [-0.05, 0) is 59.5 Å². The van der Waals surface area contributed by atoms with E-state index in [1.165, 1.54) is 34.2 Å². The van der Waals surface area contributed by atoms with Crippen LogP contribution in [-0.2, 0) is 0 Å². The molecule has 0 aliphatic carbocycles. The molecule has 0 saturated carbocycles. The Morgan fingerprint density at radius 3 is 2.43 bits per heavy atom. The van der Waals surface area contributed by atoms with Crippen molar-refractivity contribution >= 4 is 6.21 Å². The fraction of sp³-hybridized carbons (Fsp3) is 0.500. The number of hydrogen-bond acceptors (Lipinski definition) is 4. The molecule has 0 radical (unpaired) electrons. The fourth-order valence-electron chi connectivity index (χ4n) is 3.91. The van der Waals surface area contributed by atoms with Crippen molar-refractivity contribution in [3.63, 3.8) is 0 Å². The van der Waals surface area contributed by atoms with E-state index in [9.17, 15) is 0 Å². The summed E-state index contributed by atoms with van der Waals surface area (Å²) in [5.74, 6) is 0.609. The maximum atomic E-state index is 7.88. The topological polar surface area (TPSA) is 65.1 Å². The minimum atomic E-state index is 0.609. The van der Waals surface area contributed by atoms with Gasteiger partial charge in [-0.25, -0.2) is 0 Å². The molecule has 0 spiro atoms. The van der Waals surface area contributed by atoms with Gasteiger partial charge in [0.15, 0.2) is 0 Å². The van der Waals surface area contributed by atoms with E-state index in [4.69, 9.17) is 11.1 Å². The summed E-state index contributed by atoms with van der Waals surface area (Å²) >= 11 is 0. The number of nitrogens with two attached hydrogens (primary N) is 1. The van der Waals surface area contributed by atoms with Crippen LogP contribution in [0.25, 0.3) is 0 Å². The zero-order valence-electron chi connectivity index (χ0n) is 19.6. The summed E-state index contributed by atoms with van der Waals surface area (Å²) in [7, 11) is 0. The smallest absolute Gasteiger partial charge is 0.0359 e. The Balaban J connectivity index is 2.14. The number of allylic oxidation sites excluding steroid dienone is 8. The number of nitrogens with zero attached hydrogens (tertiary/aromatic N) is 1. The number of nitrogens with one attached hydrogen (secondary N) is 2. The second-order valence-corrected chi connectivity index (χ2v) is 8.94. The van der Waals surface area contributed by atoms with E-state index < -0.39 is 0 Å². The van der Waals surface area contributed by atoms with Gasteiger partial charge in [-0.1, -0.05) is 47.1 Å². The van der Waals surface area contributed by atoms with Gasteiger partial charge in [-0.3, -0.25) is 0 Å². The second-order valence-electron chi connectivity index (χ2n) is 8.94. The summed E-state index contributed by atoms with van der Waals surface area (Å²) in [5.41, 5.74) is 15.5. The van der Waals surface area contributed by atoms with Gasteiger partial charge in [0.25, 0.3) is 0 Å². The second kappa shape index (κ2) is 11.2. The Hall–Kier alpha value is -2.33. The lowest BCUT2D eigenvalue weighted by molar-refractivity contribution is 0.273. The first kappa shape index (κ1) is 23.9. The molecule has 2 rings (SSSR count). The SMILES string of the molecule is C=C(C1CNC1)N1CC=C(C/C=C(C/C(C)=C(\C)C=C(C)C)\C(C=N)=C(\C)N)CC1. The standard InChI is InChI=1S/C26H40N4/c1-18(2)13-19(3)20(4)14-24(26(15-27)21(5)28)8-7-23-9-11-30(12-10-23)22(6)25-16-29-17-25/h8-9,13,15,25,27,29H,6-7,10-12,14,16-17,28H2,1-5H3/b20-19+,24-8-,26-21-,27-15?. The minimum absolute atomic E-state index is 0.609. The quantitative estimate of drug-likeness (QED) is 0.278. The third-order valence-corrected chi connectivity index (χ3v) is 6.12. The lowest BCUT2D eigenvalue weighted by Crippen LogP contribution is -2.47. The molecule has 0 bridgehead atoms. The summed E-state index contributed by atoms with van der Waals surface area (Å²) in [5, 5.41) is 11.2. The zero-order valence-corrected chi connectivity index (χ0v) is 19.6. The Bertz CT molecular complexity index is 808. The van der Waals surface area contributed by atoms with E-state index in [1.807, 2.05) is 6.92 Å². The molecule has 4 N–H and O–H groups in total. The van der Waals surface area contributed by atoms with Gasteiger partial charge in [-0.2, -0.15) is 0 Å². The zero-order chi connectivity index (χ0) is 22.3. The molecule has 4 heteroatoms. The van der Waals surface area contributed by atoms with Crippen molar-refractivity contribution in [2.45, 2.75) is 53.9 Å². The molecule has 0 aromatic carbocycles. The van der Waals surface area contributed by atoms with Crippen LogP contribution < -0.4 is 11.1 Å². The van der Waals surface area contributed by atoms with Crippen molar-refractivity contribution in [1.82, 2.24) is 10.2 Å². The van der Waals surface area contributed by atoms with Crippen molar-refractivity contribution in [2.75, 3.05) is 26.2 Å². The highest BCUT2D eigenvalue weighted by Crippen LogP contribution is 2.27. The summed E-state index contributed by atoms with van der Waals surface area (Å²) in [4.78, 5) is 2.42. The predicted molar refractivity (Wildman–Crippen MR) is 131 cm³/mol. The molecule has 0 atom stereocenters. The predicted octanol–water partition coefficient (Wildman–Crippen LogP) is 5.24. The average Bonchev–Trinajstić information content (AvgIpc) is 2.64. The monoisotopic (exact) mass is 408 g/mol. The molecule has 0 amide bonds. The largest absolute Gasteiger partial charge is 0.402 e. The van der Waals surface area contributed by atoms with Crippen molar-refractivity contribution in [3.8, 4) is 0 Å². The van der Waals surface area contributed by atoms with E-state index >= 15 is 0 Å². The summed E-state index contributed by atoms with van der Waals surface area (Å²) in [6.45, 7) is 18.9. The molecular weight excluding hydrogens is 368 g/mol. The van der Waals surface area contributed by atoms with Crippen LogP contribution in [0.2, 0.25) is 0 Å². The van der Waals surface area contributed by atoms with Crippen LogP contribution in [-0.4, -0.2) is 37.3 Å². The Labute approximate surface area is 183 Å². The van der Waals surface area contributed by atoms with Gasteiger partial charge < -0.3 is 21.4 Å². The van der Waals surface area contributed by atoms with Crippen LogP contribution in [0.5, 0.6) is 0 Å². The van der Waals surface area contributed by atoms with Crippen molar-refractivity contribution in [2.24, 2.45) is 11.7 Å². The van der Waals surface area contributed by atoms with Gasteiger partial charge in [0.1, 0.15) is 0 Å². The summed E-state index contributed by atoms with van der Waals surface area (Å²) in [6, 6.07) is 0. The van der Waals surface area contributed by atoms with Crippen molar-refractivity contribution < 1.29 is 0 Å². The molecule has 2 heterocycles. The molecule has 164 valence electrons. The first-order valence-electron chi connectivity index (χ1n) is 11.0. The maximum Gasteiger partial charge on any atom is 0.0359 e. The van der Waals surface area contributed by atoms with Gasteiger partial charge in [0.05, 0.1) is 0 Å². The van der Waals surface area contributed by atoms with Gasteiger partial charge in [0, 0.05) is 55.3 Å². The van der Waals surface area contributed by atoms with Gasteiger partial charge in [0.2, 0.25) is 0 Å². The van der Waals surface area contributed by atoms with Crippen LogP contribution >= 0.6 is 0 Å². The van der Waals surface area contributed by atoms with E-state index in [0.717, 1.165) is 56.6 Å². The van der Waals surface area contributed by atoms with E-state index in [0.29, 0.717) is 11.6 Å². The highest BCUT2D eigenvalue weighted by Gasteiger charge is 2.24. The highest BCUT2D eigenvalue weighted by atomic mass is 15.2. The average molecular weight is 409 g/mol. The van der Waals surface area contributed by atoms with E-state index in [-0.39, 0.29) is 0 Å². The minimum Gasteiger partial charge on any atom is -0.402 e. The third-order valence-electron chi connectivity index (χ3n) is 6.12. The summed E-state index contributed by atoms with van der Waals surface area (Å²) < 4.78 is 0. The molecule has 4 nitrogen and oxygen atoms in total. The Morgan fingerprint density at radius 2 is 1.97 bits per heavy atom. The van der Waals surface area contributed by atoms with Crippen LogP contribution in [0.15, 0.2) is 69.6 Å². The van der Waals surface area contributed by atoms with E-state index in [2.05, 4.69) is 62.7 Å². The fourth-order valence-corrected chi connectivity index (χ4v) is 3.91. The molecule has 1 fully saturated rings. The lowest BCUT2D eigenvalue weighted by Gasteiger charge is -2.38. The van der Waals surface area contributed by atoms with Crippen molar-refractivity contribution in [1.29, 1.82) is 5.41 Å². The number of rotatable bonds is 9. The molecule has 30 heavy (non-hydrogen) atoms. The van der Waals surface area contributed by atoms with Crippen LogP contribution in [0.4, 0.5) is 0 Å². The van der Waals surface area contributed by atoms with Crippen LogP contribution in [0.3, 0.4) is 0 Å². The first-order chi connectivity index (χ1) is 14.2.